The van der Waals surface area contributed by atoms with Gasteiger partial charge in [-0.15, -0.1) is 0 Å². The monoisotopic (exact) mass is 583 g/mol. The summed E-state index contributed by atoms with van der Waals surface area (Å²) in [6, 6.07) is 10.3. The minimum absolute atomic E-state index is 0.0427. The van der Waals surface area contributed by atoms with Crippen LogP contribution in [-0.2, 0) is 25.5 Å². The number of benzene rings is 2. The number of hydrogen-bond acceptors (Lipinski definition) is 7. The lowest BCUT2D eigenvalue weighted by molar-refractivity contribution is 0.205. The van der Waals surface area contributed by atoms with E-state index in [-0.39, 0.29) is 41.8 Å². The highest BCUT2D eigenvalue weighted by molar-refractivity contribution is 7.86. The van der Waals surface area contributed by atoms with Crippen molar-refractivity contribution in [2.24, 2.45) is 10.9 Å². The van der Waals surface area contributed by atoms with Crippen LogP contribution < -0.4 is 4.74 Å². The molecule has 0 aromatic heterocycles. The molecule has 0 saturated heterocycles. The van der Waals surface area contributed by atoms with Gasteiger partial charge in [-0.3, -0.25) is 4.18 Å². The topological polar surface area (TPSA) is 94.4 Å². The van der Waals surface area contributed by atoms with E-state index in [0.717, 1.165) is 55.2 Å². The van der Waals surface area contributed by atoms with E-state index in [1.54, 1.807) is 19.2 Å². The number of aryl methyl sites for hydroxylation is 2. The number of unbranched alkanes of at least 4 members (excludes halogenated alkanes) is 2. The average Bonchev–Trinajstić information content (AvgIpc) is 2.92. The predicted molar refractivity (Wildman–Crippen MR) is 164 cm³/mol. The smallest absolute Gasteiger partial charge is 0.388 e. The summed E-state index contributed by atoms with van der Waals surface area (Å²) in [5.41, 5.74) is 5.00. The van der Waals surface area contributed by atoms with Gasteiger partial charge in [0.25, 0.3) is 10.1 Å². The Bertz CT molecular complexity index is 1340. The zero-order chi connectivity index (χ0) is 30.0. The third-order valence-electron chi connectivity index (χ3n) is 7.40. The van der Waals surface area contributed by atoms with E-state index in [1.807, 2.05) is 26.0 Å². The Morgan fingerprint density at radius 1 is 1.10 bits per heavy atom. The van der Waals surface area contributed by atoms with Gasteiger partial charge in [-0.2, -0.15) is 8.42 Å². The summed E-state index contributed by atoms with van der Waals surface area (Å²) < 4.78 is 42.0. The first-order chi connectivity index (χ1) is 19.6. The number of nitrogens with zero attached hydrogens (tertiary/aromatic N) is 1. The van der Waals surface area contributed by atoms with Gasteiger partial charge in [0.1, 0.15) is 11.5 Å². The van der Waals surface area contributed by atoms with Gasteiger partial charge in [-0.25, -0.2) is 4.99 Å². The van der Waals surface area contributed by atoms with Crippen molar-refractivity contribution in [3.63, 3.8) is 0 Å². The summed E-state index contributed by atoms with van der Waals surface area (Å²) >= 11 is 0. The number of rotatable bonds is 13. The molecule has 2 aromatic rings. The highest BCUT2D eigenvalue weighted by atomic mass is 32.2. The van der Waals surface area contributed by atoms with Crippen LogP contribution in [0.2, 0.25) is 0 Å². The molecule has 0 spiro atoms. The first kappa shape index (κ1) is 32.4. The van der Waals surface area contributed by atoms with Gasteiger partial charge in [0, 0.05) is 24.9 Å². The summed E-state index contributed by atoms with van der Waals surface area (Å²) in [6.45, 7) is 12.5. The molecule has 1 aliphatic carbocycles. The molecule has 0 fully saturated rings. The summed E-state index contributed by atoms with van der Waals surface area (Å²) in [7, 11) is -2.27. The SMILES string of the molecule is C=C(C)[C@@H]1CCC(C)=C[C@H]1c1c(O)cc(CCCCC)cc1OC(=NC)OCCCOS(=O)(=O)c1ccc(C)cc1. The zero-order valence-electron chi connectivity index (χ0n) is 25.1. The van der Waals surface area contributed by atoms with Crippen molar-refractivity contribution in [2.45, 2.75) is 83.5 Å². The van der Waals surface area contributed by atoms with E-state index in [4.69, 9.17) is 13.7 Å². The number of hydrogen-bond donors (Lipinski definition) is 1. The normalized spacial score (nSPS) is 17.7. The number of aromatic hydroxyl groups is 1. The minimum atomic E-state index is -3.84. The van der Waals surface area contributed by atoms with Crippen LogP contribution in [0.3, 0.4) is 0 Å². The minimum Gasteiger partial charge on any atom is -0.507 e. The first-order valence-electron chi connectivity index (χ1n) is 14.5. The molecule has 3 rings (SSSR count). The molecule has 0 bridgehead atoms. The largest absolute Gasteiger partial charge is 0.507 e. The number of aliphatic imine (C=N–C) groups is 1. The van der Waals surface area contributed by atoms with Crippen LogP contribution in [0.25, 0.3) is 0 Å². The van der Waals surface area contributed by atoms with Crippen LogP contribution in [0.1, 0.15) is 81.9 Å². The Morgan fingerprint density at radius 3 is 2.49 bits per heavy atom. The second-order valence-corrected chi connectivity index (χ2v) is 12.5. The Hall–Kier alpha value is -3.10. The molecule has 1 aliphatic rings. The van der Waals surface area contributed by atoms with Gasteiger partial charge < -0.3 is 14.6 Å². The van der Waals surface area contributed by atoms with Crippen molar-refractivity contribution in [3.05, 3.63) is 76.9 Å². The van der Waals surface area contributed by atoms with Gasteiger partial charge in [-0.05, 0) is 82.2 Å². The van der Waals surface area contributed by atoms with Gasteiger partial charge in [-0.1, -0.05) is 61.3 Å². The van der Waals surface area contributed by atoms with E-state index >= 15 is 0 Å². The molecule has 1 N–H and O–H groups in total. The van der Waals surface area contributed by atoms with Gasteiger partial charge in [0.05, 0.1) is 18.1 Å². The zero-order valence-corrected chi connectivity index (χ0v) is 25.9. The van der Waals surface area contributed by atoms with Gasteiger partial charge in [0.15, 0.2) is 0 Å². The number of ether oxygens (including phenoxy) is 2. The summed E-state index contributed by atoms with van der Waals surface area (Å²) in [5, 5.41) is 11.3. The maximum absolute atomic E-state index is 12.4. The molecular weight excluding hydrogens is 538 g/mol. The molecule has 0 unspecified atom stereocenters. The fourth-order valence-corrected chi connectivity index (χ4v) is 6.05. The number of phenols is 1. The second kappa shape index (κ2) is 15.2. The van der Waals surface area contributed by atoms with Crippen molar-refractivity contribution >= 4 is 16.2 Å². The van der Waals surface area contributed by atoms with Crippen LogP contribution in [-0.4, -0.2) is 39.9 Å². The Balaban J connectivity index is 1.74. The fraction of sp³-hybridized carbons (Fsp3) is 0.485. The molecule has 0 aliphatic heterocycles. The summed E-state index contributed by atoms with van der Waals surface area (Å²) in [4.78, 5) is 4.29. The van der Waals surface area contributed by atoms with E-state index in [0.29, 0.717) is 17.7 Å². The van der Waals surface area contributed by atoms with Crippen molar-refractivity contribution in [1.82, 2.24) is 0 Å². The van der Waals surface area contributed by atoms with Crippen LogP contribution >= 0.6 is 0 Å². The Kier molecular flexibility index (Phi) is 12.0. The van der Waals surface area contributed by atoms with E-state index in [1.165, 1.54) is 17.7 Å². The third kappa shape index (κ3) is 9.20. The van der Waals surface area contributed by atoms with E-state index in [2.05, 4.69) is 31.5 Å². The van der Waals surface area contributed by atoms with Crippen molar-refractivity contribution in [3.8, 4) is 11.5 Å². The molecule has 41 heavy (non-hydrogen) atoms. The molecule has 0 heterocycles. The van der Waals surface area contributed by atoms with Crippen LogP contribution in [0, 0.1) is 12.8 Å². The predicted octanol–water partition coefficient (Wildman–Crippen LogP) is 7.63. The Morgan fingerprint density at radius 2 is 1.83 bits per heavy atom. The lowest BCUT2D eigenvalue weighted by atomic mass is 9.73. The highest BCUT2D eigenvalue weighted by Gasteiger charge is 2.31. The Labute approximate surface area is 246 Å². The first-order valence-corrected chi connectivity index (χ1v) is 15.9. The maximum atomic E-state index is 12.4. The molecule has 0 radical (unpaired) electrons. The van der Waals surface area contributed by atoms with Gasteiger partial charge >= 0.3 is 6.08 Å². The van der Waals surface area contributed by atoms with E-state index < -0.39 is 10.1 Å². The van der Waals surface area contributed by atoms with Crippen molar-refractivity contribution in [1.29, 1.82) is 0 Å². The molecule has 7 nitrogen and oxygen atoms in total. The third-order valence-corrected chi connectivity index (χ3v) is 8.73. The molecule has 224 valence electrons. The molecule has 0 saturated carbocycles. The second-order valence-electron chi connectivity index (χ2n) is 10.9. The number of allylic oxidation sites excluding steroid dienone is 3. The summed E-state index contributed by atoms with van der Waals surface area (Å²) in [6.07, 6.45) is 8.56. The average molecular weight is 584 g/mol. The molecule has 2 atom stereocenters. The fourth-order valence-electron chi connectivity index (χ4n) is 5.11. The maximum Gasteiger partial charge on any atom is 0.388 e. The van der Waals surface area contributed by atoms with Crippen molar-refractivity contribution < 1.29 is 27.2 Å². The molecule has 2 aromatic carbocycles. The highest BCUT2D eigenvalue weighted by Crippen LogP contribution is 2.47. The quantitative estimate of drug-likeness (QED) is 0.0857. The van der Waals surface area contributed by atoms with Crippen LogP contribution in [0.15, 0.2) is 70.1 Å². The molecular formula is C33H45NO6S. The van der Waals surface area contributed by atoms with Crippen LogP contribution in [0.4, 0.5) is 0 Å². The standard InChI is InChI=1S/C33H45NO6S/c1-7-8-9-11-26-21-30(35)32(29-20-25(5)14-17-28(29)23(2)3)31(22-26)40-33(34-6)38-18-10-19-39-41(36,37)27-15-12-24(4)13-16-27/h12-13,15-16,20-22,28-29,35H,2,7-11,14,17-19H2,1,3-6H3/t28-,29+/m0/s1. The lowest BCUT2D eigenvalue weighted by Gasteiger charge is -2.32. The molecule has 0 amide bonds. The van der Waals surface area contributed by atoms with E-state index in [9.17, 15) is 13.5 Å². The lowest BCUT2D eigenvalue weighted by Crippen LogP contribution is -2.20. The van der Waals surface area contributed by atoms with Gasteiger partial charge in [0.2, 0.25) is 0 Å². The molecule has 8 heteroatoms. The summed E-state index contributed by atoms with van der Waals surface area (Å²) in [5.74, 6) is 0.798. The number of phenolic OH excluding ortho intramolecular Hbond substituents is 1. The van der Waals surface area contributed by atoms with Crippen molar-refractivity contribution in [2.75, 3.05) is 20.3 Å². The van der Waals surface area contributed by atoms with Crippen LogP contribution in [0.5, 0.6) is 11.5 Å².